The number of halogens is 1. The van der Waals surface area contributed by atoms with Crippen molar-refractivity contribution >= 4 is 33.7 Å². The Kier molecular flexibility index (Phi) is 4.52. The lowest BCUT2D eigenvalue weighted by atomic mass is 9.99. The standard InChI is InChI=1S/C15H22FN3O2S2/c1-17(2)14(21)11-5-4-7-18(8-6-11)19(16)23(3)13-9-12(10-20)22-15(13)23/h9-11H,4-8H2,1-3H3. The van der Waals surface area contributed by atoms with E-state index in [9.17, 15) is 9.59 Å². The zero-order valence-corrected chi connectivity index (χ0v) is 15.3. The lowest BCUT2D eigenvalue weighted by Gasteiger charge is -2.33. The van der Waals surface area contributed by atoms with E-state index in [1.807, 2.05) is 12.3 Å². The van der Waals surface area contributed by atoms with Crippen LogP contribution in [-0.4, -0.2) is 60.2 Å². The lowest BCUT2D eigenvalue weighted by Crippen LogP contribution is -2.37. The number of hydrogen-bond donors (Lipinski definition) is 0. The predicted octanol–water partition coefficient (Wildman–Crippen LogP) is 2.93. The van der Waals surface area contributed by atoms with E-state index in [1.165, 1.54) is 11.3 Å². The Hall–Kier alpha value is -0.960. The SMILES string of the molecule is CN(C)C(=O)C1CCCN(N(F)S2(C)c3cc(C=O)sc32)CC1. The van der Waals surface area contributed by atoms with Crippen molar-refractivity contribution in [2.45, 2.75) is 28.4 Å². The fourth-order valence-corrected chi connectivity index (χ4v) is 7.95. The summed E-state index contributed by atoms with van der Waals surface area (Å²) in [6.45, 7) is 1.19. The first-order chi connectivity index (χ1) is 10.9. The minimum absolute atomic E-state index is 0.0128. The van der Waals surface area contributed by atoms with Crippen molar-refractivity contribution < 1.29 is 14.1 Å². The molecule has 0 aromatic carbocycles. The van der Waals surface area contributed by atoms with E-state index in [1.54, 1.807) is 24.0 Å². The number of carbonyl (C=O) groups excluding carboxylic acids is 2. The van der Waals surface area contributed by atoms with E-state index in [-0.39, 0.29) is 11.8 Å². The molecule has 5 nitrogen and oxygen atoms in total. The van der Waals surface area contributed by atoms with Crippen LogP contribution in [0.15, 0.2) is 15.2 Å². The highest BCUT2D eigenvalue weighted by molar-refractivity contribution is 8.37. The molecule has 1 fully saturated rings. The zero-order chi connectivity index (χ0) is 16.8. The van der Waals surface area contributed by atoms with Gasteiger partial charge in [-0.15, -0.1) is 15.8 Å². The van der Waals surface area contributed by atoms with Crippen LogP contribution in [0.4, 0.5) is 4.48 Å². The summed E-state index contributed by atoms with van der Waals surface area (Å²) in [5, 5.41) is 1.74. The smallest absolute Gasteiger partial charge is 0.225 e. The van der Waals surface area contributed by atoms with Crippen molar-refractivity contribution in [3.63, 3.8) is 0 Å². The van der Waals surface area contributed by atoms with E-state index < -0.39 is 10.2 Å². The molecule has 3 heterocycles. The first-order valence-corrected chi connectivity index (χ1v) is 10.5. The van der Waals surface area contributed by atoms with Crippen molar-refractivity contribution in [2.24, 2.45) is 5.92 Å². The second-order valence-electron chi connectivity index (χ2n) is 6.33. The maximum Gasteiger partial charge on any atom is 0.225 e. The van der Waals surface area contributed by atoms with Crippen LogP contribution in [0.2, 0.25) is 0 Å². The second-order valence-corrected chi connectivity index (χ2v) is 10.6. The number of carbonyl (C=O) groups is 2. The molecule has 8 heteroatoms. The predicted molar refractivity (Wildman–Crippen MR) is 90.3 cm³/mol. The van der Waals surface area contributed by atoms with E-state index in [2.05, 4.69) is 0 Å². The third-order valence-corrected chi connectivity index (χ3v) is 9.52. The fraction of sp³-hybridized carbons (Fsp3) is 0.600. The molecular weight excluding hydrogens is 337 g/mol. The molecule has 0 N–H and O–H groups in total. The Morgan fingerprint density at radius 2 is 2.17 bits per heavy atom. The Morgan fingerprint density at radius 1 is 1.43 bits per heavy atom. The second kappa shape index (κ2) is 6.16. The monoisotopic (exact) mass is 359 g/mol. The number of hydrogen-bond acceptors (Lipinski definition) is 5. The van der Waals surface area contributed by atoms with Gasteiger partial charge in [0.2, 0.25) is 5.91 Å². The molecule has 1 aromatic rings. The third kappa shape index (κ3) is 2.82. The van der Waals surface area contributed by atoms with E-state index in [0.29, 0.717) is 24.4 Å². The van der Waals surface area contributed by atoms with Crippen LogP contribution in [0, 0.1) is 5.92 Å². The van der Waals surface area contributed by atoms with Gasteiger partial charge in [0.05, 0.1) is 9.09 Å². The lowest BCUT2D eigenvalue weighted by molar-refractivity contribution is -0.133. The van der Waals surface area contributed by atoms with Crippen LogP contribution in [0.1, 0.15) is 28.9 Å². The Labute approximate surface area is 141 Å². The van der Waals surface area contributed by atoms with Crippen LogP contribution in [0.25, 0.3) is 0 Å². The zero-order valence-electron chi connectivity index (χ0n) is 13.6. The topological polar surface area (TPSA) is 43.9 Å². The minimum atomic E-state index is -1.69. The summed E-state index contributed by atoms with van der Waals surface area (Å²) in [6, 6.07) is 1.81. The van der Waals surface area contributed by atoms with Gasteiger partial charge in [-0.1, -0.05) is 10.2 Å². The number of amides is 1. The average Bonchev–Trinajstić information content (AvgIpc) is 2.94. The van der Waals surface area contributed by atoms with Gasteiger partial charge in [-0.3, -0.25) is 9.59 Å². The van der Waals surface area contributed by atoms with Gasteiger partial charge in [-0.25, -0.2) is 5.01 Å². The summed E-state index contributed by atoms with van der Waals surface area (Å²) in [7, 11) is 1.85. The molecule has 1 saturated heterocycles. The molecule has 0 spiro atoms. The molecule has 2 atom stereocenters. The van der Waals surface area contributed by atoms with Crippen LogP contribution in [-0.2, 0) is 4.79 Å². The van der Waals surface area contributed by atoms with E-state index in [4.69, 9.17) is 0 Å². The number of thiophene rings is 1. The third-order valence-electron chi connectivity index (χ3n) is 4.57. The van der Waals surface area contributed by atoms with Gasteiger partial charge in [-0.2, -0.15) is 0 Å². The van der Waals surface area contributed by atoms with Gasteiger partial charge in [0.25, 0.3) is 0 Å². The molecule has 2 unspecified atom stereocenters. The van der Waals surface area contributed by atoms with Crippen molar-refractivity contribution in [1.82, 2.24) is 14.5 Å². The van der Waals surface area contributed by atoms with Gasteiger partial charge in [0, 0.05) is 38.0 Å². The molecule has 2 aliphatic heterocycles. The van der Waals surface area contributed by atoms with Crippen LogP contribution >= 0.6 is 21.6 Å². The number of hydrazine groups is 1. The van der Waals surface area contributed by atoms with Gasteiger partial charge in [-0.05, 0) is 36.2 Å². The molecule has 0 bridgehead atoms. The Bertz CT molecular complexity index is 613. The molecule has 0 aliphatic carbocycles. The normalized spacial score (nSPS) is 30.2. The summed E-state index contributed by atoms with van der Waals surface area (Å²) < 4.78 is 16.9. The number of rotatable bonds is 4. The van der Waals surface area contributed by atoms with Crippen molar-refractivity contribution in [3.8, 4) is 0 Å². The molecular formula is C15H22FN3O2S2. The molecule has 23 heavy (non-hydrogen) atoms. The maximum absolute atomic E-state index is 15.0. The van der Waals surface area contributed by atoms with Gasteiger partial charge < -0.3 is 4.90 Å². The summed E-state index contributed by atoms with van der Waals surface area (Å²) in [5.41, 5.74) is 0. The molecule has 3 rings (SSSR count). The van der Waals surface area contributed by atoms with E-state index in [0.717, 1.165) is 32.9 Å². The molecule has 1 aromatic heterocycles. The van der Waals surface area contributed by atoms with Crippen molar-refractivity contribution in [3.05, 3.63) is 10.9 Å². The van der Waals surface area contributed by atoms with Gasteiger partial charge in [0.15, 0.2) is 6.29 Å². The number of nitrogens with zero attached hydrogens (tertiary/aromatic N) is 3. The Balaban J connectivity index is 1.65. The van der Waals surface area contributed by atoms with Gasteiger partial charge >= 0.3 is 0 Å². The highest BCUT2D eigenvalue weighted by atomic mass is 32.3. The molecule has 128 valence electrons. The quantitative estimate of drug-likeness (QED) is 0.471. The first-order valence-electron chi connectivity index (χ1n) is 7.69. The van der Waals surface area contributed by atoms with E-state index >= 15 is 4.48 Å². The van der Waals surface area contributed by atoms with Crippen molar-refractivity contribution in [2.75, 3.05) is 33.4 Å². The fourth-order valence-electron chi connectivity index (χ4n) is 3.14. The van der Waals surface area contributed by atoms with Crippen LogP contribution in [0.3, 0.4) is 0 Å². The van der Waals surface area contributed by atoms with Crippen molar-refractivity contribution in [1.29, 1.82) is 0 Å². The summed E-state index contributed by atoms with van der Waals surface area (Å²) in [4.78, 5) is 26.2. The largest absolute Gasteiger partial charge is 0.349 e. The summed E-state index contributed by atoms with van der Waals surface area (Å²) >= 11 is 1.39. The van der Waals surface area contributed by atoms with Crippen LogP contribution < -0.4 is 0 Å². The highest BCUT2D eigenvalue weighted by Gasteiger charge is 2.52. The molecule has 0 radical (unpaired) electrons. The molecule has 2 aliphatic rings. The number of fused-ring (bicyclic) bond motifs is 1. The first kappa shape index (κ1) is 16.9. The highest BCUT2D eigenvalue weighted by Crippen LogP contribution is 2.81. The molecule has 1 amide bonds. The average molecular weight is 359 g/mol. The summed E-state index contributed by atoms with van der Waals surface area (Å²) in [6.07, 6.45) is 5.05. The van der Waals surface area contributed by atoms with Crippen LogP contribution in [0.5, 0.6) is 0 Å². The molecule has 0 saturated carbocycles. The Morgan fingerprint density at radius 3 is 2.74 bits per heavy atom. The minimum Gasteiger partial charge on any atom is -0.349 e. The maximum atomic E-state index is 15.0. The van der Waals surface area contributed by atoms with Gasteiger partial charge in [0.1, 0.15) is 0 Å². The summed E-state index contributed by atoms with van der Waals surface area (Å²) in [5.74, 6) is 0.123. The number of aldehydes is 1.